The maximum absolute atomic E-state index is 12.7. The fourth-order valence-electron chi connectivity index (χ4n) is 3.02. The second-order valence-electron chi connectivity index (χ2n) is 6.24. The molecule has 0 aromatic carbocycles. The number of fused-ring (bicyclic) bond motifs is 1. The van der Waals surface area contributed by atoms with Gasteiger partial charge in [0.15, 0.2) is 0 Å². The van der Waals surface area contributed by atoms with Crippen LogP contribution in [0, 0.1) is 0 Å². The van der Waals surface area contributed by atoms with Crippen molar-refractivity contribution >= 4 is 17.6 Å². The van der Waals surface area contributed by atoms with E-state index in [-0.39, 0.29) is 24.3 Å². The molecule has 3 rings (SSSR count). The van der Waals surface area contributed by atoms with E-state index in [0.717, 1.165) is 25.0 Å². The van der Waals surface area contributed by atoms with Crippen molar-refractivity contribution in [2.75, 3.05) is 13.2 Å². The molecule has 3 heterocycles. The Hall–Kier alpha value is -1.95. The third-order valence-corrected chi connectivity index (χ3v) is 4.34. The molecule has 118 valence electrons. The molecule has 0 aromatic rings. The van der Waals surface area contributed by atoms with Crippen molar-refractivity contribution < 1.29 is 14.3 Å². The van der Waals surface area contributed by atoms with Gasteiger partial charge < -0.3 is 15.0 Å². The van der Waals surface area contributed by atoms with Gasteiger partial charge in [-0.1, -0.05) is 6.08 Å². The lowest BCUT2D eigenvalue weighted by atomic mass is 9.90. The Bertz CT molecular complexity index is 587. The fourth-order valence-corrected chi connectivity index (χ4v) is 3.02. The van der Waals surface area contributed by atoms with Crippen LogP contribution in [-0.2, 0) is 14.3 Å². The molecule has 3 aliphatic heterocycles. The van der Waals surface area contributed by atoms with E-state index < -0.39 is 5.54 Å². The van der Waals surface area contributed by atoms with Gasteiger partial charge in [-0.2, -0.15) is 4.99 Å². The molecule has 1 N–H and O–H groups in total. The lowest BCUT2D eigenvalue weighted by molar-refractivity contribution is -0.135. The van der Waals surface area contributed by atoms with Gasteiger partial charge in [-0.15, -0.1) is 0 Å². The van der Waals surface area contributed by atoms with Gasteiger partial charge >= 0.3 is 0 Å². The predicted molar refractivity (Wildman–Crippen MR) is 82.2 cm³/mol. The normalized spacial score (nSPS) is 30.7. The van der Waals surface area contributed by atoms with E-state index in [2.05, 4.69) is 10.3 Å². The van der Waals surface area contributed by atoms with Gasteiger partial charge in [0, 0.05) is 19.4 Å². The standard InChI is InChI=1S/C16H21N3O3/c1-11-5-6-13-18-14(20)8-16(2,19(13)10-11)15(21)17-9-12-4-3-7-22-12/h5-6,10,12H,3-4,7-9H2,1-2H3,(H,17,21). The van der Waals surface area contributed by atoms with Crippen molar-refractivity contribution in [3.05, 3.63) is 23.9 Å². The van der Waals surface area contributed by atoms with Crippen LogP contribution in [0.4, 0.5) is 0 Å². The van der Waals surface area contributed by atoms with Crippen molar-refractivity contribution in [3.8, 4) is 0 Å². The Labute approximate surface area is 129 Å². The van der Waals surface area contributed by atoms with Crippen LogP contribution in [0.15, 0.2) is 28.9 Å². The molecule has 2 amide bonds. The smallest absolute Gasteiger partial charge is 0.250 e. The molecule has 2 atom stereocenters. The molecule has 3 aliphatic rings. The summed E-state index contributed by atoms with van der Waals surface area (Å²) in [5.74, 6) is 0.0957. The lowest BCUT2D eigenvalue weighted by Crippen LogP contribution is -2.60. The first-order valence-corrected chi connectivity index (χ1v) is 7.66. The molecule has 22 heavy (non-hydrogen) atoms. The highest BCUT2D eigenvalue weighted by Gasteiger charge is 2.45. The SMILES string of the molecule is CC1=CN2C(=NC(=O)CC2(C)C(=O)NCC2CCCO2)C=C1. The second kappa shape index (κ2) is 5.68. The number of hydrogen-bond donors (Lipinski definition) is 1. The molecule has 0 aromatic heterocycles. The highest BCUT2D eigenvalue weighted by atomic mass is 16.5. The molecule has 0 saturated carbocycles. The average molecular weight is 303 g/mol. The Morgan fingerprint density at radius 3 is 3.09 bits per heavy atom. The molecule has 0 radical (unpaired) electrons. The summed E-state index contributed by atoms with van der Waals surface area (Å²) in [5.41, 5.74) is 0.0742. The first-order valence-electron chi connectivity index (χ1n) is 7.66. The first-order chi connectivity index (χ1) is 10.5. The number of nitrogens with zero attached hydrogens (tertiary/aromatic N) is 2. The topological polar surface area (TPSA) is 71.0 Å². The third kappa shape index (κ3) is 2.70. The summed E-state index contributed by atoms with van der Waals surface area (Å²) in [4.78, 5) is 30.4. The number of hydrogen-bond acceptors (Lipinski definition) is 4. The van der Waals surface area contributed by atoms with E-state index >= 15 is 0 Å². The summed E-state index contributed by atoms with van der Waals surface area (Å²) in [6.45, 7) is 4.98. The highest BCUT2D eigenvalue weighted by Crippen LogP contribution is 2.29. The van der Waals surface area contributed by atoms with E-state index in [0.29, 0.717) is 12.4 Å². The summed E-state index contributed by atoms with van der Waals surface area (Å²) < 4.78 is 5.53. The molecular weight excluding hydrogens is 282 g/mol. The maximum Gasteiger partial charge on any atom is 0.250 e. The summed E-state index contributed by atoms with van der Waals surface area (Å²) >= 11 is 0. The van der Waals surface area contributed by atoms with Crippen molar-refractivity contribution in [3.63, 3.8) is 0 Å². The Morgan fingerprint density at radius 1 is 1.55 bits per heavy atom. The molecule has 0 bridgehead atoms. The number of amidine groups is 1. The van der Waals surface area contributed by atoms with Crippen molar-refractivity contribution in [2.24, 2.45) is 4.99 Å². The molecular formula is C16H21N3O3. The van der Waals surface area contributed by atoms with Crippen LogP contribution < -0.4 is 5.32 Å². The largest absolute Gasteiger partial charge is 0.376 e. The number of carbonyl (C=O) groups excluding carboxylic acids is 2. The minimum absolute atomic E-state index is 0.0749. The average Bonchev–Trinajstić information content (AvgIpc) is 2.99. The van der Waals surface area contributed by atoms with E-state index in [4.69, 9.17) is 4.74 Å². The van der Waals surface area contributed by atoms with E-state index in [1.165, 1.54) is 0 Å². The summed E-state index contributed by atoms with van der Waals surface area (Å²) in [7, 11) is 0. The predicted octanol–water partition coefficient (Wildman–Crippen LogP) is 1.14. The minimum Gasteiger partial charge on any atom is -0.376 e. The van der Waals surface area contributed by atoms with Crippen LogP contribution in [0.1, 0.15) is 33.1 Å². The molecule has 6 heteroatoms. The summed E-state index contributed by atoms with van der Waals surface area (Å²) in [6, 6.07) is 0. The zero-order chi connectivity index (χ0) is 15.7. The van der Waals surface area contributed by atoms with Gasteiger partial charge in [-0.3, -0.25) is 9.59 Å². The highest BCUT2D eigenvalue weighted by molar-refractivity contribution is 6.09. The Morgan fingerprint density at radius 2 is 2.36 bits per heavy atom. The number of ether oxygens (including phenoxy) is 1. The molecule has 2 unspecified atom stereocenters. The van der Waals surface area contributed by atoms with Crippen LogP contribution in [-0.4, -0.2) is 47.3 Å². The second-order valence-corrected chi connectivity index (χ2v) is 6.24. The molecule has 1 saturated heterocycles. The van der Waals surface area contributed by atoms with Crippen molar-refractivity contribution in [1.29, 1.82) is 0 Å². The van der Waals surface area contributed by atoms with Crippen molar-refractivity contribution in [2.45, 2.75) is 44.8 Å². The van der Waals surface area contributed by atoms with Crippen LogP contribution in [0.2, 0.25) is 0 Å². The Kier molecular flexibility index (Phi) is 3.87. The molecule has 0 spiro atoms. The van der Waals surface area contributed by atoms with Crippen LogP contribution >= 0.6 is 0 Å². The van der Waals surface area contributed by atoms with Crippen LogP contribution in [0.25, 0.3) is 0 Å². The number of amides is 2. The van der Waals surface area contributed by atoms with Gasteiger partial charge in [0.1, 0.15) is 11.4 Å². The third-order valence-electron chi connectivity index (χ3n) is 4.34. The number of nitrogens with one attached hydrogen (secondary N) is 1. The van der Waals surface area contributed by atoms with Gasteiger partial charge in [0.25, 0.3) is 5.91 Å². The van der Waals surface area contributed by atoms with Crippen LogP contribution in [0.3, 0.4) is 0 Å². The fraction of sp³-hybridized carbons (Fsp3) is 0.562. The van der Waals surface area contributed by atoms with E-state index in [1.54, 1.807) is 17.9 Å². The molecule has 1 fully saturated rings. The van der Waals surface area contributed by atoms with Gasteiger partial charge in [-0.05, 0) is 38.3 Å². The lowest BCUT2D eigenvalue weighted by Gasteiger charge is -2.42. The van der Waals surface area contributed by atoms with Gasteiger partial charge in [0.2, 0.25) is 5.91 Å². The maximum atomic E-state index is 12.7. The molecule has 0 aliphatic carbocycles. The zero-order valence-electron chi connectivity index (χ0n) is 13.0. The van der Waals surface area contributed by atoms with E-state index in [1.807, 2.05) is 19.2 Å². The summed E-state index contributed by atoms with van der Waals surface area (Å²) in [5, 5.41) is 2.94. The number of allylic oxidation sites excluding steroid dienone is 2. The van der Waals surface area contributed by atoms with Crippen molar-refractivity contribution in [1.82, 2.24) is 10.2 Å². The molecule has 6 nitrogen and oxygen atoms in total. The minimum atomic E-state index is -0.946. The monoisotopic (exact) mass is 303 g/mol. The number of aliphatic imine (C=N–C) groups is 1. The van der Waals surface area contributed by atoms with Crippen LogP contribution in [0.5, 0.6) is 0 Å². The van der Waals surface area contributed by atoms with Gasteiger partial charge in [-0.25, -0.2) is 0 Å². The zero-order valence-corrected chi connectivity index (χ0v) is 13.0. The first kappa shape index (κ1) is 15.0. The quantitative estimate of drug-likeness (QED) is 0.849. The number of rotatable bonds is 3. The number of carbonyl (C=O) groups is 2. The Balaban J connectivity index is 1.77. The van der Waals surface area contributed by atoms with Gasteiger partial charge in [0.05, 0.1) is 12.5 Å². The van der Waals surface area contributed by atoms with E-state index in [9.17, 15) is 9.59 Å². The summed E-state index contributed by atoms with van der Waals surface area (Å²) in [6.07, 6.45) is 7.69.